The van der Waals surface area contributed by atoms with E-state index in [-0.39, 0.29) is 17.9 Å². The van der Waals surface area contributed by atoms with Crippen LogP contribution in [-0.2, 0) is 9.59 Å². The quantitative estimate of drug-likeness (QED) is 0.758. The van der Waals surface area contributed by atoms with E-state index in [1.165, 1.54) is 0 Å². The number of hydrogen-bond acceptors (Lipinski definition) is 4. The fraction of sp³-hybridized carbons (Fsp3) is 0.867. The SMILES string of the molecule is CN(C)CCN(C(=O)C1CC1C(=O)O)C1CCN(C)CC1. The van der Waals surface area contributed by atoms with E-state index in [1.54, 1.807) is 0 Å². The topological polar surface area (TPSA) is 64.1 Å². The van der Waals surface area contributed by atoms with Crippen molar-refractivity contribution in [1.82, 2.24) is 14.7 Å². The van der Waals surface area contributed by atoms with Crippen molar-refractivity contribution < 1.29 is 14.7 Å². The first-order valence-electron chi connectivity index (χ1n) is 7.76. The van der Waals surface area contributed by atoms with Crippen LogP contribution in [0.4, 0.5) is 0 Å². The summed E-state index contributed by atoms with van der Waals surface area (Å²) in [5.74, 6) is -1.52. The highest BCUT2D eigenvalue weighted by molar-refractivity contribution is 5.89. The zero-order chi connectivity index (χ0) is 15.6. The Hall–Kier alpha value is -1.14. The lowest BCUT2D eigenvalue weighted by Gasteiger charge is -2.38. The molecule has 1 N–H and O–H groups in total. The third-order valence-electron chi connectivity index (χ3n) is 4.62. The molecule has 6 heteroatoms. The van der Waals surface area contributed by atoms with Gasteiger partial charge in [-0.15, -0.1) is 0 Å². The summed E-state index contributed by atoms with van der Waals surface area (Å²) in [5.41, 5.74) is 0. The maximum Gasteiger partial charge on any atom is 0.307 e. The van der Waals surface area contributed by atoms with Crippen LogP contribution >= 0.6 is 0 Å². The molecule has 2 rings (SSSR count). The Kier molecular flexibility index (Phi) is 5.22. The number of carbonyl (C=O) groups is 2. The van der Waals surface area contributed by atoms with Gasteiger partial charge in [-0.25, -0.2) is 0 Å². The predicted molar refractivity (Wildman–Crippen MR) is 80.0 cm³/mol. The normalized spacial score (nSPS) is 26.9. The number of aliphatic carboxylic acids is 1. The van der Waals surface area contributed by atoms with Gasteiger partial charge in [0.15, 0.2) is 0 Å². The summed E-state index contributed by atoms with van der Waals surface area (Å²) in [5, 5.41) is 9.03. The Morgan fingerprint density at radius 3 is 2.24 bits per heavy atom. The van der Waals surface area contributed by atoms with Crippen molar-refractivity contribution in [3.63, 3.8) is 0 Å². The first-order chi connectivity index (χ1) is 9.90. The van der Waals surface area contributed by atoms with Gasteiger partial charge in [-0.3, -0.25) is 9.59 Å². The van der Waals surface area contributed by atoms with E-state index < -0.39 is 11.9 Å². The van der Waals surface area contributed by atoms with Crippen LogP contribution in [-0.4, -0.2) is 85.0 Å². The maximum atomic E-state index is 12.6. The first kappa shape index (κ1) is 16.2. The van der Waals surface area contributed by atoms with E-state index in [9.17, 15) is 9.59 Å². The number of likely N-dealkylation sites (N-methyl/N-ethyl adjacent to an activating group) is 1. The molecule has 0 aromatic carbocycles. The molecule has 1 aliphatic heterocycles. The average Bonchev–Trinajstić information content (AvgIpc) is 3.20. The Labute approximate surface area is 126 Å². The Bertz CT molecular complexity index is 392. The molecule has 21 heavy (non-hydrogen) atoms. The molecule has 0 spiro atoms. The van der Waals surface area contributed by atoms with E-state index in [1.807, 2.05) is 19.0 Å². The molecule has 2 unspecified atom stereocenters. The Morgan fingerprint density at radius 2 is 1.76 bits per heavy atom. The molecule has 6 nitrogen and oxygen atoms in total. The van der Waals surface area contributed by atoms with Gasteiger partial charge in [0.2, 0.25) is 5.91 Å². The molecule has 1 aliphatic carbocycles. The molecule has 120 valence electrons. The van der Waals surface area contributed by atoms with Gasteiger partial charge in [0.1, 0.15) is 0 Å². The summed E-state index contributed by atoms with van der Waals surface area (Å²) >= 11 is 0. The number of hydrogen-bond donors (Lipinski definition) is 1. The molecule has 2 atom stereocenters. The molecular formula is C15H27N3O3. The second-order valence-corrected chi connectivity index (χ2v) is 6.66. The van der Waals surface area contributed by atoms with Gasteiger partial charge in [0.25, 0.3) is 0 Å². The van der Waals surface area contributed by atoms with Gasteiger partial charge in [0.05, 0.1) is 11.8 Å². The highest BCUT2D eigenvalue weighted by Gasteiger charge is 2.50. The third kappa shape index (κ3) is 4.17. The fourth-order valence-electron chi connectivity index (χ4n) is 3.04. The lowest BCUT2D eigenvalue weighted by Crippen LogP contribution is -2.49. The van der Waals surface area contributed by atoms with Gasteiger partial charge in [-0.05, 0) is 53.5 Å². The smallest absolute Gasteiger partial charge is 0.307 e. The highest BCUT2D eigenvalue weighted by Crippen LogP contribution is 2.40. The summed E-state index contributed by atoms with van der Waals surface area (Å²) in [6.07, 6.45) is 2.49. The Morgan fingerprint density at radius 1 is 1.14 bits per heavy atom. The number of likely N-dealkylation sites (tertiary alicyclic amines) is 1. The summed E-state index contributed by atoms with van der Waals surface area (Å²) in [6.45, 7) is 3.53. The van der Waals surface area contributed by atoms with Gasteiger partial charge < -0.3 is 19.8 Å². The number of carboxylic acids is 1. The van der Waals surface area contributed by atoms with E-state index in [2.05, 4.69) is 16.8 Å². The summed E-state index contributed by atoms with van der Waals surface area (Å²) in [7, 11) is 6.09. The highest BCUT2D eigenvalue weighted by atomic mass is 16.4. The number of piperidine rings is 1. The zero-order valence-corrected chi connectivity index (χ0v) is 13.3. The van der Waals surface area contributed by atoms with Crippen LogP contribution in [0.1, 0.15) is 19.3 Å². The monoisotopic (exact) mass is 297 g/mol. The number of carboxylic acid groups (broad SMARTS) is 1. The van der Waals surface area contributed by atoms with Crippen LogP contribution in [0.2, 0.25) is 0 Å². The van der Waals surface area contributed by atoms with Crippen molar-refractivity contribution >= 4 is 11.9 Å². The molecule has 2 fully saturated rings. The second-order valence-electron chi connectivity index (χ2n) is 6.66. The zero-order valence-electron chi connectivity index (χ0n) is 13.3. The predicted octanol–water partition coefficient (Wildman–Crippen LogP) is 0.192. The second kappa shape index (κ2) is 6.75. The van der Waals surface area contributed by atoms with Crippen LogP contribution in [0.3, 0.4) is 0 Å². The molecule has 0 aromatic heterocycles. The van der Waals surface area contributed by atoms with E-state index in [0.717, 1.165) is 32.5 Å². The molecule has 1 saturated heterocycles. The molecule has 2 aliphatic rings. The summed E-state index contributed by atoms with van der Waals surface area (Å²) < 4.78 is 0. The van der Waals surface area contributed by atoms with Crippen molar-refractivity contribution in [2.45, 2.75) is 25.3 Å². The van der Waals surface area contributed by atoms with Gasteiger partial charge in [0, 0.05) is 19.1 Å². The maximum absolute atomic E-state index is 12.6. The van der Waals surface area contributed by atoms with Crippen LogP contribution < -0.4 is 0 Å². The van der Waals surface area contributed by atoms with Crippen LogP contribution in [0.25, 0.3) is 0 Å². The molecule has 0 bridgehead atoms. The minimum absolute atomic E-state index is 0.0544. The summed E-state index contributed by atoms with van der Waals surface area (Å²) in [6, 6.07) is 0.267. The van der Waals surface area contributed by atoms with Gasteiger partial charge >= 0.3 is 5.97 Å². The number of carbonyl (C=O) groups excluding carboxylic acids is 1. The molecule has 1 amide bonds. The lowest BCUT2D eigenvalue weighted by atomic mass is 10.0. The largest absolute Gasteiger partial charge is 0.481 e. The van der Waals surface area contributed by atoms with Crippen LogP contribution in [0, 0.1) is 11.8 Å². The Balaban J connectivity index is 1.98. The first-order valence-corrected chi connectivity index (χ1v) is 7.76. The van der Waals surface area contributed by atoms with Crippen molar-refractivity contribution in [1.29, 1.82) is 0 Å². The van der Waals surface area contributed by atoms with E-state index in [0.29, 0.717) is 13.0 Å². The number of amides is 1. The minimum atomic E-state index is -0.829. The van der Waals surface area contributed by atoms with E-state index in [4.69, 9.17) is 5.11 Å². The molecule has 1 saturated carbocycles. The van der Waals surface area contributed by atoms with Crippen molar-refractivity contribution in [3.05, 3.63) is 0 Å². The number of rotatable bonds is 6. The summed E-state index contributed by atoms with van der Waals surface area (Å²) in [4.78, 5) is 29.9. The van der Waals surface area contributed by atoms with E-state index >= 15 is 0 Å². The standard InChI is InChI=1S/C15H27N3O3/c1-16(2)8-9-18(11-4-6-17(3)7-5-11)14(19)12-10-13(12)15(20)21/h11-13H,4-10H2,1-3H3,(H,20,21). The molecule has 0 aromatic rings. The van der Waals surface area contributed by atoms with Crippen LogP contribution in [0.5, 0.6) is 0 Å². The van der Waals surface area contributed by atoms with Gasteiger partial charge in [-0.1, -0.05) is 0 Å². The molecular weight excluding hydrogens is 270 g/mol. The third-order valence-corrected chi connectivity index (χ3v) is 4.62. The van der Waals surface area contributed by atoms with Crippen molar-refractivity contribution in [2.24, 2.45) is 11.8 Å². The molecule has 0 radical (unpaired) electrons. The lowest BCUT2D eigenvalue weighted by molar-refractivity contribution is -0.143. The van der Waals surface area contributed by atoms with Crippen LogP contribution in [0.15, 0.2) is 0 Å². The number of nitrogens with zero attached hydrogens (tertiary/aromatic N) is 3. The van der Waals surface area contributed by atoms with Crippen molar-refractivity contribution in [2.75, 3.05) is 47.3 Å². The minimum Gasteiger partial charge on any atom is -0.481 e. The fourth-order valence-corrected chi connectivity index (χ4v) is 3.04. The van der Waals surface area contributed by atoms with Crippen molar-refractivity contribution in [3.8, 4) is 0 Å². The van der Waals surface area contributed by atoms with Gasteiger partial charge in [-0.2, -0.15) is 0 Å². The molecule has 1 heterocycles. The average molecular weight is 297 g/mol.